The largest absolute Gasteiger partial charge is 0.375 e. The number of halogens is 1. The van der Waals surface area contributed by atoms with Crippen molar-refractivity contribution in [2.45, 2.75) is 26.3 Å². The summed E-state index contributed by atoms with van der Waals surface area (Å²) in [6.45, 7) is 5.69. The number of anilines is 2. The summed E-state index contributed by atoms with van der Waals surface area (Å²) < 4.78 is 0. The number of carbonyl (C=O) groups excluding carboxylic acids is 1. The summed E-state index contributed by atoms with van der Waals surface area (Å²) in [5.41, 5.74) is 7.69. The van der Waals surface area contributed by atoms with Crippen LogP contribution in [-0.2, 0) is 6.54 Å². The van der Waals surface area contributed by atoms with Gasteiger partial charge in [0.1, 0.15) is 0 Å². The van der Waals surface area contributed by atoms with Gasteiger partial charge >= 0.3 is 6.03 Å². The molecule has 26 heavy (non-hydrogen) atoms. The molecule has 2 amide bonds. The maximum absolute atomic E-state index is 12.1. The number of nitrogens with zero attached hydrogens (tertiary/aromatic N) is 2. The lowest BCUT2D eigenvalue weighted by molar-refractivity contribution is 0.167. The Balaban J connectivity index is 0.00000243. The van der Waals surface area contributed by atoms with Gasteiger partial charge < -0.3 is 16.4 Å². The van der Waals surface area contributed by atoms with Crippen LogP contribution in [0, 0.1) is 12.8 Å². The molecule has 3 rings (SSSR count). The van der Waals surface area contributed by atoms with Crippen molar-refractivity contribution in [2.75, 3.05) is 30.7 Å². The number of nitrogens with two attached hydrogens (primary N) is 1. The number of hydrogen-bond donors (Lipinski definition) is 3. The number of nitrogens with one attached hydrogen (secondary N) is 2. The van der Waals surface area contributed by atoms with Crippen molar-refractivity contribution >= 4 is 40.6 Å². The third kappa shape index (κ3) is 6.16. The number of aryl methyl sites for hydroxylation is 1. The number of urea groups is 1. The number of aromatic nitrogens is 1. The maximum Gasteiger partial charge on any atom is 0.319 e. The van der Waals surface area contributed by atoms with Crippen molar-refractivity contribution in [3.05, 3.63) is 40.9 Å². The fourth-order valence-corrected chi connectivity index (χ4v) is 3.85. The van der Waals surface area contributed by atoms with Gasteiger partial charge in [0.2, 0.25) is 0 Å². The summed E-state index contributed by atoms with van der Waals surface area (Å²) in [5, 5.41) is 6.50. The number of rotatable bonds is 5. The highest BCUT2D eigenvalue weighted by Crippen LogP contribution is 2.21. The van der Waals surface area contributed by atoms with Gasteiger partial charge in [-0.1, -0.05) is 17.7 Å². The number of hydrogen-bond acceptors (Lipinski definition) is 5. The molecule has 1 aliphatic rings. The van der Waals surface area contributed by atoms with Crippen LogP contribution < -0.4 is 16.4 Å². The van der Waals surface area contributed by atoms with Crippen molar-refractivity contribution in [1.29, 1.82) is 0 Å². The van der Waals surface area contributed by atoms with Crippen molar-refractivity contribution in [3.8, 4) is 0 Å². The Labute approximate surface area is 164 Å². The quantitative estimate of drug-likeness (QED) is 0.723. The monoisotopic (exact) mass is 395 g/mol. The summed E-state index contributed by atoms with van der Waals surface area (Å²) in [6, 6.07) is 7.66. The molecule has 1 saturated heterocycles. The molecule has 6 nitrogen and oxygen atoms in total. The van der Waals surface area contributed by atoms with Crippen LogP contribution in [0.3, 0.4) is 0 Å². The first-order chi connectivity index (χ1) is 12.1. The minimum absolute atomic E-state index is 0. The number of likely N-dealkylation sites (tertiary alicyclic amines) is 1. The zero-order chi connectivity index (χ0) is 17.6. The lowest BCUT2D eigenvalue weighted by atomic mass is 9.98. The van der Waals surface area contributed by atoms with E-state index in [0.717, 1.165) is 38.2 Å². The van der Waals surface area contributed by atoms with E-state index < -0.39 is 0 Å². The van der Waals surface area contributed by atoms with Crippen LogP contribution in [0.25, 0.3) is 0 Å². The van der Waals surface area contributed by atoms with Gasteiger partial charge in [0.15, 0.2) is 5.13 Å². The summed E-state index contributed by atoms with van der Waals surface area (Å²) >= 11 is 1.55. The zero-order valence-electron chi connectivity index (χ0n) is 14.9. The van der Waals surface area contributed by atoms with Crippen molar-refractivity contribution in [2.24, 2.45) is 5.92 Å². The molecule has 0 aliphatic carbocycles. The van der Waals surface area contributed by atoms with E-state index in [4.69, 9.17) is 5.73 Å². The predicted octanol–water partition coefficient (Wildman–Crippen LogP) is 3.49. The summed E-state index contributed by atoms with van der Waals surface area (Å²) in [6.07, 6.45) is 4.16. The van der Waals surface area contributed by atoms with Gasteiger partial charge in [0, 0.05) is 36.4 Å². The van der Waals surface area contributed by atoms with E-state index in [0.29, 0.717) is 17.6 Å². The third-order valence-corrected chi connectivity index (χ3v) is 5.23. The molecule has 1 aromatic heterocycles. The van der Waals surface area contributed by atoms with E-state index >= 15 is 0 Å². The number of benzene rings is 1. The van der Waals surface area contributed by atoms with Crippen LogP contribution >= 0.6 is 23.7 Å². The number of nitrogen functional groups attached to an aromatic ring is 1. The molecule has 0 spiro atoms. The highest BCUT2D eigenvalue weighted by atomic mass is 35.5. The Bertz CT molecular complexity index is 706. The average molecular weight is 396 g/mol. The highest BCUT2D eigenvalue weighted by Gasteiger charge is 2.21. The fraction of sp³-hybridized carbons (Fsp3) is 0.444. The van der Waals surface area contributed by atoms with E-state index in [1.807, 2.05) is 37.4 Å². The second-order valence-corrected chi connectivity index (χ2v) is 7.76. The molecule has 4 N–H and O–H groups in total. The van der Waals surface area contributed by atoms with E-state index in [2.05, 4.69) is 20.5 Å². The Morgan fingerprint density at radius 1 is 1.38 bits per heavy atom. The van der Waals surface area contributed by atoms with Crippen LogP contribution in [0.15, 0.2) is 30.5 Å². The van der Waals surface area contributed by atoms with Gasteiger partial charge in [-0.15, -0.1) is 23.7 Å². The molecule has 1 aliphatic heterocycles. The number of amides is 2. The second kappa shape index (κ2) is 9.75. The maximum atomic E-state index is 12.1. The molecule has 8 heteroatoms. The van der Waals surface area contributed by atoms with Gasteiger partial charge in [-0.2, -0.15) is 0 Å². The van der Waals surface area contributed by atoms with E-state index in [1.165, 1.54) is 10.4 Å². The van der Waals surface area contributed by atoms with Crippen LogP contribution in [0.5, 0.6) is 0 Å². The number of thiazole rings is 1. The topological polar surface area (TPSA) is 83.3 Å². The number of piperidine rings is 1. The van der Waals surface area contributed by atoms with Gasteiger partial charge in [-0.05, 0) is 44.4 Å². The molecule has 1 unspecified atom stereocenters. The zero-order valence-corrected chi connectivity index (χ0v) is 16.5. The molecular formula is C18H26ClN5OS. The second-order valence-electron chi connectivity index (χ2n) is 6.61. The summed E-state index contributed by atoms with van der Waals surface area (Å²) in [5.74, 6) is 0.475. The Hall–Kier alpha value is -1.83. The van der Waals surface area contributed by atoms with Crippen LogP contribution in [-0.4, -0.2) is 35.5 Å². The minimum atomic E-state index is -0.142. The first-order valence-electron chi connectivity index (χ1n) is 8.62. The van der Waals surface area contributed by atoms with Gasteiger partial charge in [0.05, 0.1) is 0 Å². The Morgan fingerprint density at radius 2 is 2.15 bits per heavy atom. The van der Waals surface area contributed by atoms with Crippen LogP contribution in [0.2, 0.25) is 0 Å². The molecule has 0 bridgehead atoms. The van der Waals surface area contributed by atoms with Crippen LogP contribution in [0.1, 0.15) is 23.3 Å². The normalized spacial score (nSPS) is 17.3. The van der Waals surface area contributed by atoms with Crippen molar-refractivity contribution in [3.63, 3.8) is 0 Å². The third-order valence-electron chi connectivity index (χ3n) is 4.41. The standard InChI is InChI=1S/C18H25N5OS.ClH/c1-13-4-6-15(7-5-13)22-18(24)21-9-14-3-2-8-23(11-14)12-16-10-20-17(19)25-16;/h4-7,10,14H,2-3,8-9,11-12H2,1H3,(H2,19,20)(H2,21,22,24);1H. The van der Waals surface area contributed by atoms with Gasteiger partial charge in [0.25, 0.3) is 0 Å². The fourth-order valence-electron chi connectivity index (χ4n) is 3.13. The SMILES string of the molecule is Cc1ccc(NC(=O)NCC2CCCN(Cc3cnc(N)s3)C2)cc1.Cl. The smallest absolute Gasteiger partial charge is 0.319 e. The van der Waals surface area contributed by atoms with E-state index in [1.54, 1.807) is 11.3 Å². The Morgan fingerprint density at radius 3 is 2.85 bits per heavy atom. The molecular weight excluding hydrogens is 370 g/mol. The molecule has 142 valence electrons. The molecule has 0 radical (unpaired) electrons. The van der Waals surface area contributed by atoms with Gasteiger partial charge in [-0.25, -0.2) is 9.78 Å². The molecule has 2 aromatic rings. The minimum Gasteiger partial charge on any atom is -0.375 e. The Kier molecular flexibility index (Phi) is 7.68. The molecule has 0 saturated carbocycles. The highest BCUT2D eigenvalue weighted by molar-refractivity contribution is 7.15. The first-order valence-corrected chi connectivity index (χ1v) is 9.44. The van der Waals surface area contributed by atoms with E-state index in [-0.39, 0.29) is 18.4 Å². The van der Waals surface area contributed by atoms with E-state index in [9.17, 15) is 4.79 Å². The van der Waals surface area contributed by atoms with Crippen LogP contribution in [0.4, 0.5) is 15.6 Å². The average Bonchev–Trinajstić information content (AvgIpc) is 3.00. The molecule has 1 atom stereocenters. The van der Waals surface area contributed by atoms with Crippen molar-refractivity contribution in [1.82, 2.24) is 15.2 Å². The summed E-state index contributed by atoms with van der Waals surface area (Å²) in [7, 11) is 0. The van der Waals surface area contributed by atoms with Gasteiger partial charge in [-0.3, -0.25) is 4.90 Å². The summed E-state index contributed by atoms with van der Waals surface area (Å²) in [4.78, 5) is 19.8. The molecule has 1 fully saturated rings. The predicted molar refractivity (Wildman–Crippen MR) is 110 cm³/mol. The molecule has 1 aromatic carbocycles. The first kappa shape index (κ1) is 20.5. The lowest BCUT2D eigenvalue weighted by Crippen LogP contribution is -2.41. The number of carbonyl (C=O) groups is 1. The van der Waals surface area contributed by atoms with Crippen molar-refractivity contribution < 1.29 is 4.79 Å². The molecule has 2 heterocycles. The lowest BCUT2D eigenvalue weighted by Gasteiger charge is -2.32.